The van der Waals surface area contributed by atoms with Crippen LogP contribution in [-0.2, 0) is 6.54 Å². The van der Waals surface area contributed by atoms with E-state index in [1.54, 1.807) is 11.3 Å². The molecule has 1 aliphatic rings. The molecule has 22 heavy (non-hydrogen) atoms. The molecule has 2 heterocycles. The van der Waals surface area contributed by atoms with Gasteiger partial charge >= 0.3 is 0 Å². The van der Waals surface area contributed by atoms with E-state index in [2.05, 4.69) is 44.3 Å². The molecule has 0 saturated carbocycles. The summed E-state index contributed by atoms with van der Waals surface area (Å²) >= 11 is 1.73. The topological polar surface area (TPSA) is 39.7 Å². The first kappa shape index (κ1) is 17.3. The van der Waals surface area contributed by atoms with E-state index in [9.17, 15) is 0 Å². The minimum Gasteiger partial charge on any atom is -0.356 e. The van der Waals surface area contributed by atoms with Crippen LogP contribution in [-0.4, -0.2) is 44.1 Å². The Morgan fingerprint density at radius 1 is 1.32 bits per heavy atom. The largest absolute Gasteiger partial charge is 0.356 e. The fraction of sp³-hybridized carbons (Fsp3) is 0.706. The summed E-state index contributed by atoms with van der Waals surface area (Å²) in [5.41, 5.74) is 1.31. The quantitative estimate of drug-likeness (QED) is 0.461. The van der Waals surface area contributed by atoms with Crippen molar-refractivity contribution in [2.75, 3.05) is 33.2 Å². The first-order valence-electron chi connectivity index (χ1n) is 8.46. The number of rotatable bonds is 7. The standard InChI is InChI=1S/C17H30N4S/c1-15-5-10-21(11-6-15)9-4-3-8-19-17(18-2)20-13-16-7-12-22-14-16/h7,12,14-15H,3-6,8-11,13H2,1-2H3,(H2,18,19,20). The first-order valence-corrected chi connectivity index (χ1v) is 9.40. The lowest BCUT2D eigenvalue weighted by Crippen LogP contribution is -2.37. The molecular weight excluding hydrogens is 292 g/mol. The van der Waals surface area contributed by atoms with Gasteiger partial charge in [-0.25, -0.2) is 0 Å². The van der Waals surface area contributed by atoms with Crippen molar-refractivity contribution in [3.63, 3.8) is 0 Å². The molecule has 0 aliphatic carbocycles. The number of likely N-dealkylation sites (tertiary alicyclic amines) is 1. The van der Waals surface area contributed by atoms with Crippen LogP contribution in [0.2, 0.25) is 0 Å². The van der Waals surface area contributed by atoms with E-state index in [1.165, 1.54) is 50.9 Å². The Hall–Kier alpha value is -1.07. The summed E-state index contributed by atoms with van der Waals surface area (Å²) in [7, 11) is 1.83. The summed E-state index contributed by atoms with van der Waals surface area (Å²) < 4.78 is 0. The Labute approximate surface area is 139 Å². The van der Waals surface area contributed by atoms with Crippen LogP contribution < -0.4 is 10.6 Å². The lowest BCUT2D eigenvalue weighted by molar-refractivity contribution is 0.189. The molecule has 1 aliphatic heterocycles. The summed E-state index contributed by atoms with van der Waals surface area (Å²) in [4.78, 5) is 6.89. The van der Waals surface area contributed by atoms with Gasteiger partial charge in [0.15, 0.2) is 5.96 Å². The lowest BCUT2D eigenvalue weighted by atomic mass is 9.99. The minimum atomic E-state index is 0.842. The van der Waals surface area contributed by atoms with Crippen LogP contribution in [0.5, 0.6) is 0 Å². The van der Waals surface area contributed by atoms with Crippen molar-refractivity contribution in [3.8, 4) is 0 Å². The third-order valence-electron chi connectivity index (χ3n) is 4.33. The molecule has 1 aromatic rings. The number of thiophene rings is 1. The average molecular weight is 323 g/mol. The van der Waals surface area contributed by atoms with Gasteiger partial charge in [0.2, 0.25) is 0 Å². The zero-order chi connectivity index (χ0) is 15.6. The summed E-state index contributed by atoms with van der Waals surface area (Å²) in [6, 6.07) is 2.14. The Bertz CT molecular complexity index is 422. The Balaban J connectivity index is 1.51. The molecule has 0 bridgehead atoms. The van der Waals surface area contributed by atoms with E-state index in [0.717, 1.165) is 25.0 Å². The highest BCUT2D eigenvalue weighted by molar-refractivity contribution is 7.07. The molecule has 0 radical (unpaired) electrons. The van der Waals surface area contributed by atoms with Crippen LogP contribution in [0.4, 0.5) is 0 Å². The predicted molar refractivity (Wildman–Crippen MR) is 96.6 cm³/mol. The number of aliphatic imine (C=N–C) groups is 1. The highest BCUT2D eigenvalue weighted by atomic mass is 32.1. The van der Waals surface area contributed by atoms with Gasteiger partial charge in [0, 0.05) is 20.1 Å². The van der Waals surface area contributed by atoms with Gasteiger partial charge in [-0.2, -0.15) is 11.3 Å². The van der Waals surface area contributed by atoms with Gasteiger partial charge in [0.1, 0.15) is 0 Å². The lowest BCUT2D eigenvalue weighted by Gasteiger charge is -2.30. The number of nitrogens with zero attached hydrogens (tertiary/aromatic N) is 2. The van der Waals surface area contributed by atoms with Crippen molar-refractivity contribution in [1.29, 1.82) is 0 Å². The van der Waals surface area contributed by atoms with Gasteiger partial charge in [-0.1, -0.05) is 6.92 Å². The predicted octanol–water partition coefficient (Wildman–Crippen LogP) is 2.93. The molecule has 0 amide bonds. The molecule has 0 aromatic carbocycles. The van der Waals surface area contributed by atoms with E-state index in [4.69, 9.17) is 0 Å². The van der Waals surface area contributed by atoms with Crippen LogP contribution in [0, 0.1) is 5.92 Å². The molecule has 0 unspecified atom stereocenters. The van der Waals surface area contributed by atoms with Crippen molar-refractivity contribution in [2.45, 2.75) is 39.2 Å². The highest BCUT2D eigenvalue weighted by Crippen LogP contribution is 2.16. The van der Waals surface area contributed by atoms with Crippen molar-refractivity contribution < 1.29 is 0 Å². The van der Waals surface area contributed by atoms with E-state index in [0.29, 0.717) is 0 Å². The van der Waals surface area contributed by atoms with Gasteiger partial charge in [-0.05, 0) is 73.6 Å². The molecule has 0 atom stereocenters. The number of hydrogen-bond donors (Lipinski definition) is 2. The van der Waals surface area contributed by atoms with Crippen LogP contribution in [0.1, 0.15) is 38.2 Å². The Kier molecular flexibility index (Phi) is 7.74. The van der Waals surface area contributed by atoms with Crippen molar-refractivity contribution in [3.05, 3.63) is 22.4 Å². The summed E-state index contributed by atoms with van der Waals surface area (Å²) in [6.07, 6.45) is 5.21. The molecule has 4 nitrogen and oxygen atoms in total. The van der Waals surface area contributed by atoms with Gasteiger partial charge in [-0.15, -0.1) is 0 Å². The normalized spacial score (nSPS) is 17.6. The van der Waals surface area contributed by atoms with Crippen molar-refractivity contribution in [1.82, 2.24) is 15.5 Å². The zero-order valence-electron chi connectivity index (χ0n) is 14.0. The molecule has 124 valence electrons. The maximum atomic E-state index is 4.27. The number of unbranched alkanes of at least 4 members (excludes halogenated alkanes) is 1. The number of nitrogens with one attached hydrogen (secondary N) is 2. The second-order valence-electron chi connectivity index (χ2n) is 6.22. The van der Waals surface area contributed by atoms with E-state index in [1.807, 2.05) is 7.05 Å². The van der Waals surface area contributed by atoms with Crippen LogP contribution >= 0.6 is 11.3 Å². The van der Waals surface area contributed by atoms with Gasteiger partial charge in [0.25, 0.3) is 0 Å². The van der Waals surface area contributed by atoms with Crippen molar-refractivity contribution in [2.24, 2.45) is 10.9 Å². The molecule has 1 aromatic heterocycles. The van der Waals surface area contributed by atoms with Crippen LogP contribution in [0.25, 0.3) is 0 Å². The molecule has 5 heteroatoms. The zero-order valence-corrected chi connectivity index (χ0v) is 14.8. The smallest absolute Gasteiger partial charge is 0.191 e. The monoisotopic (exact) mass is 322 g/mol. The Morgan fingerprint density at radius 2 is 2.14 bits per heavy atom. The molecule has 1 saturated heterocycles. The van der Waals surface area contributed by atoms with Gasteiger partial charge in [-0.3, -0.25) is 4.99 Å². The average Bonchev–Trinajstić information content (AvgIpc) is 3.05. The summed E-state index contributed by atoms with van der Waals surface area (Å²) in [6.45, 7) is 8.03. The summed E-state index contributed by atoms with van der Waals surface area (Å²) in [5.74, 6) is 1.83. The SMILES string of the molecule is CN=C(NCCCCN1CCC(C)CC1)NCc1ccsc1. The van der Waals surface area contributed by atoms with E-state index < -0.39 is 0 Å². The number of guanidine groups is 1. The third kappa shape index (κ3) is 6.36. The fourth-order valence-electron chi connectivity index (χ4n) is 2.75. The van der Waals surface area contributed by atoms with E-state index in [-0.39, 0.29) is 0 Å². The first-order chi connectivity index (χ1) is 10.8. The minimum absolute atomic E-state index is 0.842. The van der Waals surface area contributed by atoms with Gasteiger partial charge in [0.05, 0.1) is 0 Å². The third-order valence-corrected chi connectivity index (χ3v) is 5.07. The maximum absolute atomic E-state index is 4.27. The number of hydrogen-bond acceptors (Lipinski definition) is 3. The maximum Gasteiger partial charge on any atom is 0.191 e. The van der Waals surface area contributed by atoms with Crippen LogP contribution in [0.15, 0.2) is 21.8 Å². The second kappa shape index (κ2) is 9.85. The fourth-order valence-corrected chi connectivity index (χ4v) is 3.42. The van der Waals surface area contributed by atoms with Gasteiger partial charge < -0.3 is 15.5 Å². The molecule has 1 fully saturated rings. The molecular formula is C17H30N4S. The van der Waals surface area contributed by atoms with Crippen LogP contribution in [0.3, 0.4) is 0 Å². The second-order valence-corrected chi connectivity index (χ2v) is 7.00. The Morgan fingerprint density at radius 3 is 2.82 bits per heavy atom. The summed E-state index contributed by atoms with van der Waals surface area (Å²) in [5, 5.41) is 11.0. The highest BCUT2D eigenvalue weighted by Gasteiger charge is 2.14. The van der Waals surface area contributed by atoms with Crippen molar-refractivity contribution >= 4 is 17.3 Å². The molecule has 0 spiro atoms. The number of piperidine rings is 1. The molecule has 2 N–H and O–H groups in total. The van der Waals surface area contributed by atoms with E-state index >= 15 is 0 Å². The molecule has 2 rings (SSSR count).